The van der Waals surface area contributed by atoms with Gasteiger partial charge in [0.15, 0.2) is 0 Å². The summed E-state index contributed by atoms with van der Waals surface area (Å²) < 4.78 is 29.6. The van der Waals surface area contributed by atoms with Crippen LogP contribution in [0.5, 0.6) is 0 Å². The SMILES string of the molecule is CCCCCCCCCCCCCCP.Cc1ccc(S(=O)(=O)O)cc1. The first-order valence-corrected chi connectivity index (χ1v) is 12.4. The summed E-state index contributed by atoms with van der Waals surface area (Å²) in [4.78, 5) is -0.0666. The van der Waals surface area contributed by atoms with Crippen LogP contribution in [0.1, 0.15) is 89.5 Å². The van der Waals surface area contributed by atoms with Crippen molar-refractivity contribution in [3.63, 3.8) is 0 Å². The molecule has 0 heterocycles. The van der Waals surface area contributed by atoms with Crippen molar-refractivity contribution in [3.05, 3.63) is 29.8 Å². The average molecular weight is 403 g/mol. The molecule has 1 atom stereocenters. The third-order valence-corrected chi connectivity index (χ3v) is 5.65. The Morgan fingerprint density at radius 2 is 1.15 bits per heavy atom. The second-order valence-electron chi connectivity index (χ2n) is 6.97. The highest BCUT2D eigenvalue weighted by Crippen LogP contribution is 2.12. The summed E-state index contributed by atoms with van der Waals surface area (Å²) in [6.45, 7) is 4.13. The van der Waals surface area contributed by atoms with Crippen LogP contribution >= 0.6 is 9.24 Å². The van der Waals surface area contributed by atoms with E-state index in [-0.39, 0.29) is 4.90 Å². The molecule has 0 saturated carbocycles. The normalized spacial score (nSPS) is 11.1. The molecule has 1 aromatic rings. The van der Waals surface area contributed by atoms with Crippen molar-refractivity contribution in [3.8, 4) is 0 Å². The minimum absolute atomic E-state index is 0.0666. The second-order valence-corrected chi connectivity index (χ2v) is 8.96. The molecule has 1 rings (SSSR count). The van der Waals surface area contributed by atoms with Crippen LogP contribution in [-0.4, -0.2) is 19.1 Å². The molecule has 0 saturated heterocycles. The van der Waals surface area contributed by atoms with Gasteiger partial charge in [0.05, 0.1) is 4.90 Å². The standard InChI is InChI=1S/C14H31P.C7H8O3S/c1-2-3-4-5-6-7-8-9-10-11-12-13-14-15;1-6-2-4-7(5-3-6)11(8,9)10/h2-15H2,1H3;2-5H,1H3,(H,8,9,10). The molecule has 0 aliphatic carbocycles. The molecule has 0 amide bonds. The lowest BCUT2D eigenvalue weighted by Gasteiger charge is -2.01. The number of benzene rings is 1. The van der Waals surface area contributed by atoms with Gasteiger partial charge in [-0.15, -0.1) is 9.24 Å². The first kappa shape index (κ1) is 25.6. The molecule has 152 valence electrons. The van der Waals surface area contributed by atoms with Crippen LogP contribution in [-0.2, 0) is 10.1 Å². The fraction of sp³-hybridized carbons (Fsp3) is 0.714. The van der Waals surface area contributed by atoms with E-state index in [1.807, 2.05) is 6.92 Å². The van der Waals surface area contributed by atoms with E-state index in [2.05, 4.69) is 16.2 Å². The molecule has 0 fully saturated rings. The van der Waals surface area contributed by atoms with E-state index < -0.39 is 10.1 Å². The Morgan fingerprint density at radius 1 is 0.769 bits per heavy atom. The summed E-state index contributed by atoms with van der Waals surface area (Å²) in [7, 11) is -1.20. The van der Waals surface area contributed by atoms with Crippen LogP contribution in [0.2, 0.25) is 0 Å². The molecule has 1 N–H and O–H groups in total. The zero-order valence-electron chi connectivity index (χ0n) is 16.8. The summed E-state index contributed by atoms with van der Waals surface area (Å²) in [5.74, 6) is 0. The van der Waals surface area contributed by atoms with Crippen LogP contribution in [0, 0.1) is 6.92 Å². The van der Waals surface area contributed by atoms with Crippen molar-refractivity contribution in [2.75, 3.05) is 6.16 Å². The molecule has 5 heteroatoms. The summed E-state index contributed by atoms with van der Waals surface area (Å²) in [5, 5.41) is 0. The Labute approximate surface area is 164 Å². The van der Waals surface area contributed by atoms with Gasteiger partial charge in [0.2, 0.25) is 0 Å². The summed E-state index contributed by atoms with van der Waals surface area (Å²) in [6.07, 6.45) is 18.7. The van der Waals surface area contributed by atoms with Gasteiger partial charge in [-0.05, 0) is 31.6 Å². The fourth-order valence-electron chi connectivity index (χ4n) is 2.70. The van der Waals surface area contributed by atoms with Crippen molar-refractivity contribution in [1.29, 1.82) is 0 Å². The third-order valence-electron chi connectivity index (χ3n) is 4.38. The van der Waals surface area contributed by atoms with E-state index >= 15 is 0 Å². The zero-order valence-corrected chi connectivity index (χ0v) is 18.7. The lowest BCUT2D eigenvalue weighted by molar-refractivity contribution is 0.483. The van der Waals surface area contributed by atoms with Crippen molar-refractivity contribution in [2.45, 2.75) is 95.8 Å². The van der Waals surface area contributed by atoms with Crippen LogP contribution < -0.4 is 0 Å². The predicted octanol–water partition coefficient (Wildman–Crippen LogP) is 6.80. The molecule has 1 unspecified atom stereocenters. The molecule has 0 aromatic heterocycles. The van der Waals surface area contributed by atoms with Gasteiger partial charge in [-0.25, -0.2) is 0 Å². The van der Waals surface area contributed by atoms with E-state index in [4.69, 9.17) is 4.55 Å². The van der Waals surface area contributed by atoms with Crippen LogP contribution in [0.4, 0.5) is 0 Å². The topological polar surface area (TPSA) is 54.4 Å². The van der Waals surface area contributed by atoms with Crippen molar-refractivity contribution in [1.82, 2.24) is 0 Å². The van der Waals surface area contributed by atoms with Gasteiger partial charge in [-0.1, -0.05) is 95.2 Å². The maximum Gasteiger partial charge on any atom is 0.294 e. The Balaban J connectivity index is 0.000000502. The van der Waals surface area contributed by atoms with E-state index in [0.717, 1.165) is 5.56 Å². The van der Waals surface area contributed by atoms with Crippen molar-refractivity contribution in [2.24, 2.45) is 0 Å². The number of unbranched alkanes of at least 4 members (excludes halogenated alkanes) is 11. The van der Waals surface area contributed by atoms with Gasteiger partial charge in [-0.3, -0.25) is 4.55 Å². The Bertz CT molecular complexity index is 515. The molecule has 0 radical (unpaired) electrons. The van der Waals surface area contributed by atoms with Crippen molar-refractivity contribution < 1.29 is 13.0 Å². The molecule has 1 aromatic carbocycles. The van der Waals surface area contributed by atoms with Crippen LogP contribution in [0.25, 0.3) is 0 Å². The number of hydrogen-bond acceptors (Lipinski definition) is 2. The quantitative estimate of drug-likeness (QED) is 0.224. The molecule has 0 bridgehead atoms. The maximum atomic E-state index is 10.5. The van der Waals surface area contributed by atoms with Gasteiger partial charge >= 0.3 is 0 Å². The van der Waals surface area contributed by atoms with Crippen molar-refractivity contribution >= 4 is 19.4 Å². The number of rotatable bonds is 13. The third kappa shape index (κ3) is 15.8. The Hall–Kier alpha value is -0.440. The van der Waals surface area contributed by atoms with E-state index in [9.17, 15) is 8.42 Å². The average Bonchev–Trinajstić information content (AvgIpc) is 2.60. The first-order valence-electron chi connectivity index (χ1n) is 10.2. The van der Waals surface area contributed by atoms with Crippen LogP contribution in [0.3, 0.4) is 0 Å². The highest BCUT2D eigenvalue weighted by molar-refractivity contribution is 7.85. The molecule has 0 aliphatic heterocycles. The summed E-state index contributed by atoms with van der Waals surface area (Å²) >= 11 is 0. The second kappa shape index (κ2) is 16.7. The molecule has 26 heavy (non-hydrogen) atoms. The van der Waals surface area contributed by atoms with E-state index in [1.165, 1.54) is 95.3 Å². The van der Waals surface area contributed by atoms with E-state index in [1.54, 1.807) is 12.1 Å². The zero-order chi connectivity index (χ0) is 19.7. The molecule has 3 nitrogen and oxygen atoms in total. The highest BCUT2D eigenvalue weighted by Gasteiger charge is 2.06. The Kier molecular flexibility index (Phi) is 16.4. The monoisotopic (exact) mass is 402 g/mol. The fourth-order valence-corrected chi connectivity index (χ4v) is 3.46. The Morgan fingerprint density at radius 3 is 1.50 bits per heavy atom. The van der Waals surface area contributed by atoms with Gasteiger partial charge < -0.3 is 0 Å². The largest absolute Gasteiger partial charge is 0.294 e. The molecular formula is C21H39O3PS. The number of aryl methyl sites for hydroxylation is 1. The molecule has 0 spiro atoms. The lowest BCUT2D eigenvalue weighted by atomic mass is 10.1. The smallest absolute Gasteiger partial charge is 0.282 e. The molecule has 0 aliphatic rings. The summed E-state index contributed by atoms with van der Waals surface area (Å²) in [6, 6.07) is 5.99. The summed E-state index contributed by atoms with van der Waals surface area (Å²) in [5.41, 5.74) is 0.956. The highest BCUT2D eigenvalue weighted by atomic mass is 32.2. The predicted molar refractivity (Wildman–Crippen MR) is 117 cm³/mol. The lowest BCUT2D eigenvalue weighted by Crippen LogP contribution is -1.96. The minimum Gasteiger partial charge on any atom is -0.282 e. The maximum absolute atomic E-state index is 10.5. The minimum atomic E-state index is -4.02. The first-order chi connectivity index (χ1) is 12.4. The van der Waals surface area contributed by atoms with E-state index in [0.29, 0.717) is 0 Å². The van der Waals surface area contributed by atoms with Gasteiger partial charge in [0, 0.05) is 0 Å². The van der Waals surface area contributed by atoms with Crippen LogP contribution in [0.15, 0.2) is 29.2 Å². The number of hydrogen-bond donors (Lipinski definition) is 1. The van der Waals surface area contributed by atoms with Gasteiger partial charge in [0.25, 0.3) is 10.1 Å². The van der Waals surface area contributed by atoms with Gasteiger partial charge in [-0.2, -0.15) is 8.42 Å². The van der Waals surface area contributed by atoms with Gasteiger partial charge in [0.1, 0.15) is 0 Å². The molecular weight excluding hydrogens is 363 g/mol.